The van der Waals surface area contributed by atoms with Gasteiger partial charge in [-0.15, -0.1) is 0 Å². The van der Waals surface area contributed by atoms with E-state index in [-0.39, 0.29) is 0 Å². The maximum atomic E-state index is 3.66. The summed E-state index contributed by atoms with van der Waals surface area (Å²) in [5, 5.41) is 4.35. The molecule has 1 fully saturated rings. The predicted molar refractivity (Wildman–Crippen MR) is 117 cm³/mol. The largest absolute Gasteiger partial charge is 0.151 e. The highest BCUT2D eigenvalue weighted by Gasteiger charge is 2.12. The van der Waals surface area contributed by atoms with Crippen LogP contribution in [0.4, 0.5) is 0 Å². The van der Waals surface area contributed by atoms with Crippen molar-refractivity contribution in [3.63, 3.8) is 0 Å². The van der Waals surface area contributed by atoms with Crippen molar-refractivity contribution >= 4 is 16.9 Å². The van der Waals surface area contributed by atoms with Crippen LogP contribution in [0.15, 0.2) is 41.6 Å². The normalized spacial score (nSPS) is 15.9. The SMILES string of the molecule is C=C/C=C\C(=C/C)c1cscc1C.CCCCCCC1CCCCC1. The van der Waals surface area contributed by atoms with Crippen LogP contribution in [-0.2, 0) is 0 Å². The van der Waals surface area contributed by atoms with Gasteiger partial charge in [-0.3, -0.25) is 0 Å². The smallest absolute Gasteiger partial charge is 0.00121 e. The Morgan fingerprint density at radius 2 is 1.92 bits per heavy atom. The molecule has 0 spiro atoms. The standard InChI is InChI=1S/C12H14S.C12H24/c1-4-6-7-11(5-2)12-9-13-8-10(12)3;1-2-3-4-6-9-12-10-7-5-8-11-12/h4-9H,1H2,2-3H3;12H,2-11H2,1H3/b7-6-,11-5+;. The molecule has 0 atom stereocenters. The minimum atomic E-state index is 1.11. The molecule has 0 amide bonds. The van der Waals surface area contributed by atoms with Crippen LogP contribution in [0.3, 0.4) is 0 Å². The number of thiophene rings is 1. The van der Waals surface area contributed by atoms with Gasteiger partial charge >= 0.3 is 0 Å². The van der Waals surface area contributed by atoms with E-state index in [0.29, 0.717) is 0 Å². The molecule has 0 saturated heterocycles. The lowest BCUT2D eigenvalue weighted by molar-refractivity contribution is 0.328. The molecule has 1 aliphatic rings. The number of aryl methyl sites for hydroxylation is 1. The Bertz CT molecular complexity index is 512. The third-order valence-corrected chi connectivity index (χ3v) is 5.94. The molecule has 1 aliphatic carbocycles. The van der Waals surface area contributed by atoms with Gasteiger partial charge in [0.05, 0.1) is 0 Å². The number of hydrogen-bond donors (Lipinski definition) is 0. The lowest BCUT2D eigenvalue weighted by atomic mass is 9.85. The highest BCUT2D eigenvalue weighted by atomic mass is 32.1. The molecule has 0 aromatic carbocycles. The van der Waals surface area contributed by atoms with E-state index in [1.165, 1.54) is 80.9 Å². The van der Waals surface area contributed by atoms with E-state index in [0.717, 1.165) is 5.92 Å². The zero-order valence-corrected chi connectivity index (χ0v) is 17.5. The molecule has 25 heavy (non-hydrogen) atoms. The summed E-state index contributed by atoms with van der Waals surface area (Å²) in [6.45, 7) is 10.1. The molecule has 1 saturated carbocycles. The fraction of sp³-hybridized carbons (Fsp3) is 0.583. The van der Waals surface area contributed by atoms with Crippen LogP contribution in [0.5, 0.6) is 0 Å². The zero-order valence-electron chi connectivity index (χ0n) is 16.7. The van der Waals surface area contributed by atoms with Gasteiger partial charge in [0, 0.05) is 0 Å². The first-order chi connectivity index (χ1) is 12.2. The van der Waals surface area contributed by atoms with Crippen LogP contribution in [0, 0.1) is 12.8 Å². The maximum Gasteiger partial charge on any atom is -0.00121 e. The third-order valence-electron chi connectivity index (χ3n) is 5.08. The Balaban J connectivity index is 0.000000251. The molecule has 2 rings (SSSR count). The highest BCUT2D eigenvalue weighted by Crippen LogP contribution is 2.28. The van der Waals surface area contributed by atoms with Gasteiger partial charge in [-0.1, -0.05) is 102 Å². The minimum absolute atomic E-state index is 1.11. The fourth-order valence-corrected chi connectivity index (χ4v) is 4.36. The van der Waals surface area contributed by atoms with Gasteiger partial charge in [0.2, 0.25) is 0 Å². The van der Waals surface area contributed by atoms with Gasteiger partial charge in [0.25, 0.3) is 0 Å². The van der Waals surface area contributed by atoms with E-state index in [9.17, 15) is 0 Å². The van der Waals surface area contributed by atoms with E-state index in [2.05, 4.69) is 50.3 Å². The van der Waals surface area contributed by atoms with Gasteiger partial charge in [0.1, 0.15) is 0 Å². The minimum Gasteiger partial charge on any atom is -0.151 e. The zero-order chi connectivity index (χ0) is 18.3. The van der Waals surface area contributed by atoms with Gasteiger partial charge in [-0.05, 0) is 47.2 Å². The van der Waals surface area contributed by atoms with Crippen molar-refractivity contribution in [2.45, 2.75) is 85.0 Å². The van der Waals surface area contributed by atoms with Crippen molar-refractivity contribution < 1.29 is 0 Å². The molecular weight excluding hydrogens is 320 g/mol. The Labute approximate surface area is 160 Å². The number of hydrogen-bond acceptors (Lipinski definition) is 1. The average Bonchev–Trinajstić information content (AvgIpc) is 3.07. The van der Waals surface area contributed by atoms with Crippen molar-refractivity contribution in [1.82, 2.24) is 0 Å². The first kappa shape index (κ1) is 22.0. The van der Waals surface area contributed by atoms with Gasteiger partial charge in [-0.2, -0.15) is 11.3 Å². The van der Waals surface area contributed by atoms with Crippen molar-refractivity contribution in [1.29, 1.82) is 0 Å². The Morgan fingerprint density at radius 1 is 1.16 bits per heavy atom. The van der Waals surface area contributed by atoms with Crippen LogP contribution >= 0.6 is 11.3 Å². The molecule has 140 valence electrons. The lowest BCUT2D eigenvalue weighted by Gasteiger charge is -2.21. The third kappa shape index (κ3) is 9.26. The molecule has 1 heterocycles. The summed E-state index contributed by atoms with van der Waals surface area (Å²) in [6.07, 6.45) is 22.9. The molecule has 0 radical (unpaired) electrons. The van der Waals surface area contributed by atoms with Gasteiger partial charge < -0.3 is 0 Å². The highest BCUT2D eigenvalue weighted by molar-refractivity contribution is 7.08. The van der Waals surface area contributed by atoms with E-state index in [1.54, 1.807) is 17.4 Å². The van der Waals surface area contributed by atoms with Crippen molar-refractivity contribution in [3.8, 4) is 0 Å². The second-order valence-electron chi connectivity index (χ2n) is 7.16. The molecule has 0 aliphatic heterocycles. The molecule has 0 unspecified atom stereocenters. The van der Waals surface area contributed by atoms with Crippen molar-refractivity contribution in [2.75, 3.05) is 0 Å². The summed E-state index contributed by atoms with van der Waals surface area (Å²) in [5.41, 5.74) is 3.93. The summed E-state index contributed by atoms with van der Waals surface area (Å²) < 4.78 is 0. The topological polar surface area (TPSA) is 0 Å². The molecular formula is C24H38S. The Hall–Kier alpha value is -1.08. The quantitative estimate of drug-likeness (QED) is 0.322. The van der Waals surface area contributed by atoms with Crippen LogP contribution in [0.1, 0.15) is 89.2 Å². The molecule has 1 heteroatoms. The van der Waals surface area contributed by atoms with E-state index in [1.807, 2.05) is 6.08 Å². The Kier molecular flexibility index (Phi) is 12.4. The number of unbranched alkanes of at least 4 members (excludes halogenated alkanes) is 3. The van der Waals surface area contributed by atoms with E-state index >= 15 is 0 Å². The van der Waals surface area contributed by atoms with E-state index in [4.69, 9.17) is 0 Å². The molecule has 0 N–H and O–H groups in total. The summed E-state index contributed by atoms with van der Waals surface area (Å²) in [6, 6.07) is 0. The fourth-order valence-electron chi connectivity index (χ4n) is 3.51. The summed E-state index contributed by atoms with van der Waals surface area (Å²) in [7, 11) is 0. The first-order valence-electron chi connectivity index (χ1n) is 10.2. The predicted octanol–water partition coefficient (Wildman–Crippen LogP) is 8.74. The van der Waals surface area contributed by atoms with Crippen LogP contribution in [-0.4, -0.2) is 0 Å². The second-order valence-corrected chi connectivity index (χ2v) is 7.90. The monoisotopic (exact) mass is 358 g/mol. The maximum absolute atomic E-state index is 3.66. The lowest BCUT2D eigenvalue weighted by Crippen LogP contribution is -2.05. The van der Waals surface area contributed by atoms with Crippen LogP contribution in [0.25, 0.3) is 5.57 Å². The molecule has 1 aromatic heterocycles. The second kappa shape index (κ2) is 14.1. The molecule has 1 aromatic rings. The number of allylic oxidation sites excluding steroid dienone is 5. The van der Waals surface area contributed by atoms with Crippen LogP contribution < -0.4 is 0 Å². The number of rotatable bonds is 8. The average molecular weight is 359 g/mol. The van der Waals surface area contributed by atoms with E-state index < -0.39 is 0 Å². The van der Waals surface area contributed by atoms with Crippen LogP contribution in [0.2, 0.25) is 0 Å². The summed E-state index contributed by atoms with van der Waals surface area (Å²) >= 11 is 1.74. The molecule has 0 nitrogen and oxygen atoms in total. The summed E-state index contributed by atoms with van der Waals surface area (Å²) in [5.74, 6) is 1.11. The summed E-state index contributed by atoms with van der Waals surface area (Å²) in [4.78, 5) is 0. The van der Waals surface area contributed by atoms with Crippen molar-refractivity contribution in [3.05, 3.63) is 52.8 Å². The molecule has 0 bridgehead atoms. The first-order valence-corrected chi connectivity index (χ1v) is 11.2. The van der Waals surface area contributed by atoms with Crippen molar-refractivity contribution in [2.24, 2.45) is 5.92 Å². The van der Waals surface area contributed by atoms with Gasteiger partial charge in [0.15, 0.2) is 0 Å². The Morgan fingerprint density at radius 3 is 2.48 bits per heavy atom. The van der Waals surface area contributed by atoms with Gasteiger partial charge in [-0.25, -0.2) is 0 Å².